The summed E-state index contributed by atoms with van der Waals surface area (Å²) in [5, 5.41) is 14.9. The molecule has 1 fully saturated rings. The zero-order valence-electron chi connectivity index (χ0n) is 9.87. The van der Waals surface area contributed by atoms with Crippen molar-refractivity contribution in [2.75, 3.05) is 26.7 Å². The summed E-state index contributed by atoms with van der Waals surface area (Å²) in [5.41, 5.74) is 0. The zero-order valence-corrected chi connectivity index (χ0v) is 9.87. The van der Waals surface area contributed by atoms with E-state index in [4.69, 9.17) is 4.74 Å². The van der Waals surface area contributed by atoms with Crippen LogP contribution < -0.4 is 10.6 Å². The van der Waals surface area contributed by atoms with Gasteiger partial charge < -0.3 is 20.5 Å². The van der Waals surface area contributed by atoms with E-state index in [0.717, 1.165) is 12.8 Å². The fourth-order valence-electron chi connectivity index (χ4n) is 1.80. The van der Waals surface area contributed by atoms with E-state index in [2.05, 4.69) is 10.6 Å². The summed E-state index contributed by atoms with van der Waals surface area (Å²) in [6, 6.07) is 0. The molecule has 0 radical (unpaired) electrons. The fourth-order valence-corrected chi connectivity index (χ4v) is 1.80. The van der Waals surface area contributed by atoms with Crippen molar-refractivity contribution in [3.63, 3.8) is 0 Å². The molecule has 0 bridgehead atoms. The summed E-state index contributed by atoms with van der Waals surface area (Å²) in [7, 11) is 1.59. The SMILES string of the molecule is CNC(=O)CNCC(O)COC1CCCC1. The number of likely N-dealkylation sites (N-methyl/N-ethyl adjacent to an activating group) is 1. The van der Waals surface area contributed by atoms with Crippen molar-refractivity contribution in [3.05, 3.63) is 0 Å². The molecule has 1 aliphatic carbocycles. The van der Waals surface area contributed by atoms with Gasteiger partial charge in [0.25, 0.3) is 0 Å². The predicted molar refractivity (Wildman–Crippen MR) is 61.2 cm³/mol. The maximum Gasteiger partial charge on any atom is 0.233 e. The molecule has 0 aromatic rings. The van der Waals surface area contributed by atoms with Gasteiger partial charge in [0, 0.05) is 13.6 Å². The van der Waals surface area contributed by atoms with Crippen molar-refractivity contribution in [2.45, 2.75) is 37.9 Å². The highest BCUT2D eigenvalue weighted by Gasteiger charge is 2.16. The molecular weight excluding hydrogens is 208 g/mol. The minimum atomic E-state index is -0.537. The number of carbonyl (C=O) groups is 1. The lowest BCUT2D eigenvalue weighted by molar-refractivity contribution is -0.119. The Labute approximate surface area is 96.6 Å². The normalized spacial score (nSPS) is 18.6. The number of carbonyl (C=O) groups excluding carboxylic acids is 1. The summed E-state index contributed by atoms with van der Waals surface area (Å²) in [6.45, 7) is 0.975. The third-order valence-electron chi connectivity index (χ3n) is 2.77. The van der Waals surface area contributed by atoms with E-state index < -0.39 is 6.10 Å². The van der Waals surface area contributed by atoms with Gasteiger partial charge in [0.2, 0.25) is 5.91 Å². The molecule has 3 N–H and O–H groups in total. The molecule has 94 valence electrons. The Morgan fingerprint density at radius 3 is 2.81 bits per heavy atom. The smallest absolute Gasteiger partial charge is 0.233 e. The van der Waals surface area contributed by atoms with Gasteiger partial charge in [0.05, 0.1) is 25.4 Å². The predicted octanol–water partition coefficient (Wildman–Crippen LogP) is -0.358. The van der Waals surface area contributed by atoms with Crippen LogP contribution in [0.2, 0.25) is 0 Å². The van der Waals surface area contributed by atoms with Gasteiger partial charge in [-0.3, -0.25) is 4.79 Å². The highest BCUT2D eigenvalue weighted by molar-refractivity contribution is 5.77. The molecule has 1 atom stereocenters. The van der Waals surface area contributed by atoms with Gasteiger partial charge in [-0.25, -0.2) is 0 Å². The van der Waals surface area contributed by atoms with E-state index >= 15 is 0 Å². The summed E-state index contributed by atoms with van der Waals surface area (Å²) < 4.78 is 5.56. The van der Waals surface area contributed by atoms with Crippen molar-refractivity contribution >= 4 is 5.91 Å². The second-order valence-electron chi connectivity index (χ2n) is 4.20. The Morgan fingerprint density at radius 1 is 1.50 bits per heavy atom. The highest BCUT2D eigenvalue weighted by Crippen LogP contribution is 2.20. The standard InChI is InChI=1S/C11H22N2O3/c1-12-11(15)7-13-6-9(14)8-16-10-4-2-3-5-10/h9-10,13-14H,2-8H2,1H3,(H,12,15). The molecular formula is C11H22N2O3. The molecule has 1 saturated carbocycles. The molecule has 0 aromatic carbocycles. The van der Waals surface area contributed by atoms with Crippen molar-refractivity contribution in [1.82, 2.24) is 10.6 Å². The van der Waals surface area contributed by atoms with E-state index in [1.807, 2.05) is 0 Å². The molecule has 0 saturated heterocycles. The molecule has 0 heterocycles. The van der Waals surface area contributed by atoms with Crippen LogP contribution in [-0.4, -0.2) is 50.0 Å². The van der Waals surface area contributed by atoms with Gasteiger partial charge in [0.1, 0.15) is 0 Å². The van der Waals surface area contributed by atoms with E-state index in [1.54, 1.807) is 7.05 Å². The van der Waals surface area contributed by atoms with Crippen LogP contribution in [-0.2, 0) is 9.53 Å². The van der Waals surface area contributed by atoms with Gasteiger partial charge in [-0.2, -0.15) is 0 Å². The monoisotopic (exact) mass is 230 g/mol. The second-order valence-corrected chi connectivity index (χ2v) is 4.20. The Hall–Kier alpha value is -0.650. The highest BCUT2D eigenvalue weighted by atomic mass is 16.5. The van der Waals surface area contributed by atoms with Crippen LogP contribution >= 0.6 is 0 Å². The van der Waals surface area contributed by atoms with Crippen LogP contribution in [0.25, 0.3) is 0 Å². The first-order chi connectivity index (χ1) is 7.72. The van der Waals surface area contributed by atoms with Crippen LogP contribution in [0.4, 0.5) is 0 Å². The lowest BCUT2D eigenvalue weighted by Crippen LogP contribution is -2.37. The van der Waals surface area contributed by atoms with Gasteiger partial charge in [-0.05, 0) is 12.8 Å². The van der Waals surface area contributed by atoms with E-state index in [1.165, 1.54) is 12.8 Å². The molecule has 0 spiro atoms. The number of aliphatic hydroxyl groups excluding tert-OH is 1. The topological polar surface area (TPSA) is 70.6 Å². The Bertz CT molecular complexity index is 205. The van der Waals surface area contributed by atoms with Gasteiger partial charge in [-0.1, -0.05) is 12.8 Å². The molecule has 1 unspecified atom stereocenters. The fraction of sp³-hybridized carbons (Fsp3) is 0.909. The quantitative estimate of drug-likeness (QED) is 0.559. The van der Waals surface area contributed by atoms with Gasteiger partial charge in [-0.15, -0.1) is 0 Å². The van der Waals surface area contributed by atoms with Crippen LogP contribution in [0.3, 0.4) is 0 Å². The summed E-state index contributed by atoms with van der Waals surface area (Å²) in [5.74, 6) is -0.0797. The average Bonchev–Trinajstić information content (AvgIpc) is 2.79. The third-order valence-corrected chi connectivity index (χ3v) is 2.77. The summed E-state index contributed by atoms with van der Waals surface area (Å²) in [6.07, 6.45) is 4.47. The van der Waals surface area contributed by atoms with Crippen LogP contribution in [0.1, 0.15) is 25.7 Å². The molecule has 16 heavy (non-hydrogen) atoms. The van der Waals surface area contributed by atoms with Crippen LogP contribution in [0.5, 0.6) is 0 Å². The maximum absolute atomic E-state index is 10.9. The number of amides is 1. The first kappa shape index (κ1) is 13.4. The molecule has 0 aliphatic heterocycles. The largest absolute Gasteiger partial charge is 0.389 e. The molecule has 5 heteroatoms. The maximum atomic E-state index is 10.9. The van der Waals surface area contributed by atoms with E-state index in [-0.39, 0.29) is 12.5 Å². The number of hydrogen-bond donors (Lipinski definition) is 3. The lowest BCUT2D eigenvalue weighted by Gasteiger charge is -2.15. The molecule has 1 rings (SSSR count). The molecule has 1 aliphatic rings. The van der Waals surface area contributed by atoms with Crippen LogP contribution in [0, 0.1) is 0 Å². The van der Waals surface area contributed by atoms with Gasteiger partial charge in [0.15, 0.2) is 0 Å². The summed E-state index contributed by atoms with van der Waals surface area (Å²) in [4.78, 5) is 10.9. The third kappa shape index (κ3) is 5.44. The number of ether oxygens (including phenoxy) is 1. The zero-order chi connectivity index (χ0) is 11.8. The first-order valence-corrected chi connectivity index (χ1v) is 5.93. The molecule has 5 nitrogen and oxygen atoms in total. The minimum Gasteiger partial charge on any atom is -0.389 e. The van der Waals surface area contributed by atoms with Gasteiger partial charge >= 0.3 is 0 Å². The number of hydrogen-bond acceptors (Lipinski definition) is 4. The van der Waals surface area contributed by atoms with Crippen molar-refractivity contribution in [3.8, 4) is 0 Å². The first-order valence-electron chi connectivity index (χ1n) is 5.93. The number of aliphatic hydroxyl groups is 1. The Balaban J connectivity index is 1.97. The Morgan fingerprint density at radius 2 is 2.19 bits per heavy atom. The van der Waals surface area contributed by atoms with Crippen molar-refractivity contribution in [2.24, 2.45) is 0 Å². The average molecular weight is 230 g/mol. The second kappa shape index (κ2) is 7.60. The minimum absolute atomic E-state index is 0.0797. The van der Waals surface area contributed by atoms with E-state index in [9.17, 15) is 9.90 Å². The number of nitrogens with one attached hydrogen (secondary N) is 2. The van der Waals surface area contributed by atoms with Crippen molar-refractivity contribution in [1.29, 1.82) is 0 Å². The lowest BCUT2D eigenvalue weighted by atomic mass is 10.3. The molecule has 0 aromatic heterocycles. The summed E-state index contributed by atoms with van der Waals surface area (Å²) >= 11 is 0. The molecule has 1 amide bonds. The number of rotatable bonds is 7. The van der Waals surface area contributed by atoms with Crippen LogP contribution in [0.15, 0.2) is 0 Å². The Kier molecular flexibility index (Phi) is 6.37. The van der Waals surface area contributed by atoms with Crippen molar-refractivity contribution < 1.29 is 14.6 Å². The van der Waals surface area contributed by atoms with E-state index in [0.29, 0.717) is 19.3 Å².